The van der Waals surface area contributed by atoms with Gasteiger partial charge < -0.3 is 14.2 Å². The molecule has 1 heterocycles. The van der Waals surface area contributed by atoms with Crippen molar-refractivity contribution < 1.29 is 23.8 Å². The first-order chi connectivity index (χ1) is 12.5. The number of carbonyl (C=O) groups excluding carboxylic acids is 2. The van der Waals surface area contributed by atoms with Crippen LogP contribution in [0.2, 0.25) is 0 Å². The lowest BCUT2D eigenvalue weighted by atomic mass is 10.0. The second-order valence-electron chi connectivity index (χ2n) is 6.40. The van der Waals surface area contributed by atoms with Crippen LogP contribution in [0.3, 0.4) is 0 Å². The van der Waals surface area contributed by atoms with Gasteiger partial charge in [0.25, 0.3) is 11.8 Å². The Balaban J connectivity index is 1.95. The lowest BCUT2D eigenvalue weighted by Gasteiger charge is -2.30. The van der Waals surface area contributed by atoms with Crippen LogP contribution >= 0.6 is 0 Å². The molecule has 26 heavy (non-hydrogen) atoms. The number of hydrogen-bond acceptors (Lipinski definition) is 6. The molecule has 0 unspecified atom stereocenters. The first-order valence-electron chi connectivity index (χ1n) is 8.60. The molecule has 0 radical (unpaired) electrons. The summed E-state index contributed by atoms with van der Waals surface area (Å²) in [5.74, 6) is 1.00. The number of methoxy groups -OCH3 is 3. The molecule has 1 aliphatic heterocycles. The molecule has 1 saturated heterocycles. The highest BCUT2D eigenvalue weighted by atomic mass is 16.5. The van der Waals surface area contributed by atoms with Crippen molar-refractivity contribution in [1.29, 1.82) is 0 Å². The van der Waals surface area contributed by atoms with Gasteiger partial charge in [-0.25, -0.2) is 0 Å². The van der Waals surface area contributed by atoms with Crippen LogP contribution in [0.5, 0.6) is 17.2 Å². The largest absolute Gasteiger partial charge is 0.493 e. The van der Waals surface area contributed by atoms with Gasteiger partial charge in [0.05, 0.1) is 27.9 Å². The maximum Gasteiger partial charge on any atom is 0.269 e. The number of nitrogens with zero attached hydrogens (tertiary/aromatic N) is 1. The second-order valence-corrected chi connectivity index (χ2v) is 6.40. The predicted molar refractivity (Wildman–Crippen MR) is 96.5 cm³/mol. The number of amides is 2. The Morgan fingerprint density at radius 1 is 1.12 bits per heavy atom. The molecule has 1 atom stereocenters. The van der Waals surface area contributed by atoms with Crippen LogP contribution < -0.4 is 25.1 Å². The zero-order valence-electron chi connectivity index (χ0n) is 15.8. The Bertz CT molecular complexity index is 625. The Morgan fingerprint density at radius 3 is 2.31 bits per heavy atom. The van der Waals surface area contributed by atoms with Gasteiger partial charge >= 0.3 is 0 Å². The van der Waals surface area contributed by atoms with Crippen molar-refractivity contribution in [3.05, 3.63) is 17.7 Å². The van der Waals surface area contributed by atoms with E-state index in [0.29, 0.717) is 23.2 Å². The van der Waals surface area contributed by atoms with Gasteiger partial charge in [-0.15, -0.1) is 0 Å². The van der Waals surface area contributed by atoms with E-state index in [4.69, 9.17) is 14.2 Å². The fourth-order valence-electron chi connectivity index (χ4n) is 3.08. The third-order valence-electron chi connectivity index (χ3n) is 4.35. The van der Waals surface area contributed by atoms with Crippen molar-refractivity contribution in [3.63, 3.8) is 0 Å². The number of hydrogen-bond donors (Lipinski definition) is 2. The van der Waals surface area contributed by atoms with E-state index in [1.807, 2.05) is 0 Å². The first kappa shape index (κ1) is 19.8. The van der Waals surface area contributed by atoms with Crippen LogP contribution in [-0.4, -0.2) is 57.7 Å². The van der Waals surface area contributed by atoms with E-state index in [1.54, 1.807) is 0 Å². The average Bonchev–Trinajstić information content (AvgIpc) is 2.64. The summed E-state index contributed by atoms with van der Waals surface area (Å²) in [6.07, 6.45) is 2.28. The number of ether oxygens (including phenoxy) is 3. The minimum absolute atomic E-state index is 0.250. The molecule has 8 heteroatoms. The van der Waals surface area contributed by atoms with Gasteiger partial charge in [-0.1, -0.05) is 6.92 Å². The van der Waals surface area contributed by atoms with Crippen LogP contribution in [0.4, 0.5) is 0 Å². The molecule has 1 aliphatic rings. The number of hydrazine groups is 1. The summed E-state index contributed by atoms with van der Waals surface area (Å²) in [5, 5.41) is 0. The minimum Gasteiger partial charge on any atom is -0.493 e. The van der Waals surface area contributed by atoms with Gasteiger partial charge in [-0.3, -0.25) is 25.3 Å². The quantitative estimate of drug-likeness (QED) is 0.737. The fraction of sp³-hybridized carbons (Fsp3) is 0.556. The minimum atomic E-state index is -0.468. The van der Waals surface area contributed by atoms with E-state index in [9.17, 15) is 9.59 Å². The van der Waals surface area contributed by atoms with Gasteiger partial charge in [0.15, 0.2) is 11.5 Å². The van der Waals surface area contributed by atoms with Crippen LogP contribution in [0.1, 0.15) is 30.1 Å². The molecular weight excluding hydrogens is 338 g/mol. The molecule has 144 valence electrons. The molecular formula is C18H27N3O5. The summed E-state index contributed by atoms with van der Waals surface area (Å²) >= 11 is 0. The molecule has 0 aliphatic carbocycles. The number of rotatable bonds is 6. The molecule has 0 bridgehead atoms. The number of carbonyl (C=O) groups is 2. The van der Waals surface area contributed by atoms with Crippen molar-refractivity contribution in [3.8, 4) is 17.2 Å². The van der Waals surface area contributed by atoms with Crippen molar-refractivity contribution >= 4 is 11.8 Å². The highest BCUT2D eigenvalue weighted by molar-refractivity contribution is 5.96. The summed E-state index contributed by atoms with van der Waals surface area (Å²) in [6, 6.07) is 3.05. The first-order valence-corrected chi connectivity index (χ1v) is 8.60. The Hall–Kier alpha value is -2.48. The van der Waals surface area contributed by atoms with Gasteiger partial charge in [0.2, 0.25) is 5.75 Å². The third kappa shape index (κ3) is 5.01. The summed E-state index contributed by atoms with van der Waals surface area (Å²) < 4.78 is 15.7. The van der Waals surface area contributed by atoms with E-state index < -0.39 is 5.91 Å². The lowest BCUT2D eigenvalue weighted by Crippen LogP contribution is -2.48. The van der Waals surface area contributed by atoms with Gasteiger partial charge in [-0.2, -0.15) is 0 Å². The number of likely N-dealkylation sites (tertiary alicyclic amines) is 1. The average molecular weight is 365 g/mol. The number of piperidine rings is 1. The summed E-state index contributed by atoms with van der Waals surface area (Å²) in [4.78, 5) is 26.5. The molecule has 0 aromatic heterocycles. The molecule has 1 aromatic rings. The van der Waals surface area contributed by atoms with Crippen molar-refractivity contribution in [2.24, 2.45) is 5.92 Å². The summed E-state index contributed by atoms with van der Waals surface area (Å²) in [6.45, 7) is 4.24. The van der Waals surface area contributed by atoms with Crippen molar-refractivity contribution in [1.82, 2.24) is 15.8 Å². The monoisotopic (exact) mass is 365 g/mol. The number of nitrogens with one attached hydrogen (secondary N) is 2. The molecule has 0 saturated carbocycles. The zero-order valence-corrected chi connectivity index (χ0v) is 15.8. The fourth-order valence-corrected chi connectivity index (χ4v) is 3.08. The van der Waals surface area contributed by atoms with Crippen molar-refractivity contribution in [2.75, 3.05) is 41.0 Å². The summed E-state index contributed by atoms with van der Waals surface area (Å²) in [5.41, 5.74) is 5.16. The lowest BCUT2D eigenvalue weighted by molar-refractivity contribution is -0.123. The van der Waals surface area contributed by atoms with E-state index in [2.05, 4.69) is 22.7 Å². The van der Waals surface area contributed by atoms with Crippen LogP contribution in [0.25, 0.3) is 0 Å². The van der Waals surface area contributed by atoms with Crippen LogP contribution in [0.15, 0.2) is 12.1 Å². The third-order valence-corrected chi connectivity index (χ3v) is 4.35. The van der Waals surface area contributed by atoms with E-state index >= 15 is 0 Å². The van der Waals surface area contributed by atoms with Crippen molar-refractivity contribution in [2.45, 2.75) is 19.8 Å². The Kier molecular flexibility index (Phi) is 7.08. The van der Waals surface area contributed by atoms with Gasteiger partial charge in [0.1, 0.15) is 0 Å². The normalized spacial score (nSPS) is 17.3. The SMILES string of the molecule is COc1cc(C(=O)NNC(=O)CN2CCC[C@H](C)C2)cc(OC)c1OC. The second kappa shape index (κ2) is 9.28. The van der Waals surface area contributed by atoms with E-state index in [-0.39, 0.29) is 18.0 Å². The molecule has 1 fully saturated rings. The standard InChI is InChI=1S/C18H27N3O5/c1-12-6-5-7-21(10-12)11-16(22)19-20-18(23)13-8-14(24-2)17(26-4)15(9-13)25-3/h8-9,12H,5-7,10-11H2,1-4H3,(H,19,22)(H,20,23)/t12-/m0/s1. The maximum absolute atomic E-state index is 12.3. The topological polar surface area (TPSA) is 89.1 Å². The molecule has 1 aromatic carbocycles. The molecule has 2 amide bonds. The van der Waals surface area contributed by atoms with Crippen LogP contribution in [0, 0.1) is 5.92 Å². The van der Waals surface area contributed by atoms with Gasteiger partial charge in [-0.05, 0) is 37.4 Å². The molecule has 0 spiro atoms. The highest BCUT2D eigenvalue weighted by Gasteiger charge is 2.20. The molecule has 2 rings (SSSR count). The van der Waals surface area contributed by atoms with Crippen LogP contribution in [-0.2, 0) is 4.79 Å². The highest BCUT2D eigenvalue weighted by Crippen LogP contribution is 2.38. The van der Waals surface area contributed by atoms with Gasteiger partial charge in [0, 0.05) is 12.1 Å². The summed E-state index contributed by atoms with van der Waals surface area (Å²) in [7, 11) is 4.43. The number of benzene rings is 1. The smallest absolute Gasteiger partial charge is 0.269 e. The molecule has 2 N–H and O–H groups in total. The Labute approximate surface area is 153 Å². The molecule has 8 nitrogen and oxygen atoms in total. The zero-order chi connectivity index (χ0) is 19.1. The predicted octanol–water partition coefficient (Wildman–Crippen LogP) is 1.21. The Morgan fingerprint density at radius 2 is 1.77 bits per heavy atom. The van der Waals surface area contributed by atoms with E-state index in [0.717, 1.165) is 19.5 Å². The maximum atomic E-state index is 12.3. The van der Waals surface area contributed by atoms with E-state index in [1.165, 1.54) is 39.9 Å².